The maximum atomic E-state index is 13.4. The zero-order valence-electron chi connectivity index (χ0n) is 13.6. The molecule has 1 N–H and O–H groups in total. The van der Waals surface area contributed by atoms with Gasteiger partial charge in [-0.2, -0.15) is 0 Å². The average molecular weight is 336 g/mol. The van der Waals surface area contributed by atoms with Crippen LogP contribution in [0.4, 0.5) is 4.39 Å². The smallest absolute Gasteiger partial charge is 0.254 e. The highest BCUT2D eigenvalue weighted by molar-refractivity contribution is 5.54. The third kappa shape index (κ3) is 3.34. The number of hydrogen-bond acceptors (Lipinski definition) is 4. The van der Waals surface area contributed by atoms with Crippen molar-refractivity contribution in [3.63, 3.8) is 0 Å². The van der Waals surface area contributed by atoms with Gasteiger partial charge in [-0.05, 0) is 36.2 Å². The molecule has 0 unspecified atom stereocenters. The van der Waals surface area contributed by atoms with Gasteiger partial charge in [0.05, 0.1) is 5.69 Å². The van der Waals surface area contributed by atoms with Crippen molar-refractivity contribution in [1.29, 1.82) is 0 Å². The van der Waals surface area contributed by atoms with Crippen LogP contribution in [0.3, 0.4) is 0 Å². The van der Waals surface area contributed by atoms with Gasteiger partial charge >= 0.3 is 0 Å². The molecule has 5 nitrogen and oxygen atoms in total. The number of rotatable bonds is 3. The minimum atomic E-state index is -0.232. The van der Waals surface area contributed by atoms with Crippen LogP contribution >= 0.6 is 0 Å². The molecule has 0 aliphatic carbocycles. The third-order valence-corrected chi connectivity index (χ3v) is 4.40. The van der Waals surface area contributed by atoms with Gasteiger partial charge in [-0.25, -0.2) is 9.37 Å². The van der Waals surface area contributed by atoms with Crippen LogP contribution in [0.1, 0.15) is 16.8 Å². The number of nitrogens with zero attached hydrogens (tertiary/aromatic N) is 3. The van der Waals surface area contributed by atoms with Crippen LogP contribution < -0.4 is 5.56 Å². The number of fused-ring (bicyclic) bond motifs is 1. The molecule has 1 aliphatic rings. The normalized spacial score (nSPS) is 14.3. The van der Waals surface area contributed by atoms with E-state index < -0.39 is 0 Å². The quantitative estimate of drug-likeness (QED) is 0.798. The van der Waals surface area contributed by atoms with Crippen LogP contribution in [0, 0.1) is 5.82 Å². The fourth-order valence-electron chi connectivity index (χ4n) is 3.17. The highest BCUT2D eigenvalue weighted by atomic mass is 19.1. The Morgan fingerprint density at radius 2 is 2.04 bits per heavy atom. The van der Waals surface area contributed by atoms with Crippen LogP contribution in [0.5, 0.6) is 0 Å². The van der Waals surface area contributed by atoms with Crippen molar-refractivity contribution in [1.82, 2.24) is 19.9 Å². The van der Waals surface area contributed by atoms with Crippen LogP contribution in [0.2, 0.25) is 0 Å². The van der Waals surface area contributed by atoms with Crippen LogP contribution in [-0.4, -0.2) is 26.4 Å². The van der Waals surface area contributed by atoms with E-state index in [2.05, 4.69) is 19.9 Å². The molecule has 1 aromatic carbocycles. The summed E-state index contributed by atoms with van der Waals surface area (Å²) in [6, 6.07) is 10.2. The lowest BCUT2D eigenvalue weighted by atomic mass is 10.1. The van der Waals surface area contributed by atoms with E-state index >= 15 is 0 Å². The number of halogens is 1. The van der Waals surface area contributed by atoms with Crippen molar-refractivity contribution in [3.05, 3.63) is 81.8 Å². The monoisotopic (exact) mass is 336 g/mol. The molecule has 1 aliphatic heterocycles. The highest BCUT2D eigenvalue weighted by Gasteiger charge is 2.21. The first-order chi connectivity index (χ1) is 12.2. The predicted octanol–water partition coefficient (Wildman–Crippen LogP) is 2.53. The highest BCUT2D eigenvalue weighted by Crippen LogP contribution is 2.20. The van der Waals surface area contributed by atoms with E-state index in [1.165, 1.54) is 6.07 Å². The van der Waals surface area contributed by atoms with E-state index in [-0.39, 0.29) is 11.4 Å². The van der Waals surface area contributed by atoms with Gasteiger partial charge in [0.15, 0.2) is 0 Å². The summed E-state index contributed by atoms with van der Waals surface area (Å²) in [6.07, 6.45) is 3.99. The molecule has 2 aromatic heterocycles. The predicted molar refractivity (Wildman–Crippen MR) is 92.3 cm³/mol. The lowest BCUT2D eigenvalue weighted by Gasteiger charge is -2.27. The molecule has 126 valence electrons. The second kappa shape index (κ2) is 6.57. The molecule has 6 heteroatoms. The number of pyridine rings is 1. The Balaban J connectivity index is 1.61. The number of hydrogen-bond donors (Lipinski definition) is 1. The summed E-state index contributed by atoms with van der Waals surface area (Å²) in [5, 5.41) is 0. The fourth-order valence-corrected chi connectivity index (χ4v) is 3.17. The zero-order chi connectivity index (χ0) is 17.2. The Morgan fingerprint density at radius 3 is 2.84 bits per heavy atom. The van der Waals surface area contributed by atoms with Gasteiger partial charge in [-0.15, -0.1) is 0 Å². The summed E-state index contributed by atoms with van der Waals surface area (Å²) >= 11 is 0. The fraction of sp³-hybridized carbons (Fsp3) is 0.211. The number of H-pyrrole nitrogens is 1. The summed E-state index contributed by atoms with van der Waals surface area (Å²) in [7, 11) is 0. The van der Waals surface area contributed by atoms with Crippen molar-refractivity contribution in [2.45, 2.75) is 19.5 Å². The molecular formula is C19H17FN4O. The molecule has 3 aromatic rings. The number of aromatic nitrogens is 3. The third-order valence-electron chi connectivity index (χ3n) is 4.40. The molecule has 0 saturated heterocycles. The van der Waals surface area contributed by atoms with Crippen molar-refractivity contribution in [3.8, 4) is 11.4 Å². The second-order valence-corrected chi connectivity index (χ2v) is 6.17. The molecule has 0 amide bonds. The van der Waals surface area contributed by atoms with E-state index in [0.717, 1.165) is 28.9 Å². The molecule has 0 radical (unpaired) electrons. The first kappa shape index (κ1) is 15.7. The lowest BCUT2D eigenvalue weighted by molar-refractivity contribution is 0.240. The molecule has 0 bridgehead atoms. The molecule has 0 fully saturated rings. The minimum Gasteiger partial charge on any atom is -0.306 e. The summed E-state index contributed by atoms with van der Waals surface area (Å²) in [6.45, 7) is 1.97. The summed E-state index contributed by atoms with van der Waals surface area (Å²) in [4.78, 5) is 26.1. The summed E-state index contributed by atoms with van der Waals surface area (Å²) < 4.78 is 13.4. The van der Waals surface area contributed by atoms with Gasteiger partial charge in [-0.1, -0.05) is 12.1 Å². The Morgan fingerprint density at radius 1 is 1.20 bits per heavy atom. The van der Waals surface area contributed by atoms with Crippen LogP contribution in [0.25, 0.3) is 11.4 Å². The van der Waals surface area contributed by atoms with Crippen molar-refractivity contribution in [2.75, 3.05) is 6.54 Å². The Hall–Kier alpha value is -2.86. The zero-order valence-corrected chi connectivity index (χ0v) is 13.6. The first-order valence-electron chi connectivity index (χ1n) is 8.18. The number of aromatic amines is 1. The van der Waals surface area contributed by atoms with Crippen molar-refractivity contribution in [2.24, 2.45) is 0 Å². The van der Waals surface area contributed by atoms with Gasteiger partial charge in [0.1, 0.15) is 11.6 Å². The van der Waals surface area contributed by atoms with Gasteiger partial charge < -0.3 is 4.98 Å². The molecule has 0 spiro atoms. The maximum absolute atomic E-state index is 13.4. The lowest BCUT2D eigenvalue weighted by Crippen LogP contribution is -2.35. The van der Waals surface area contributed by atoms with E-state index in [9.17, 15) is 9.18 Å². The molecule has 25 heavy (non-hydrogen) atoms. The maximum Gasteiger partial charge on any atom is 0.254 e. The molecule has 0 atom stereocenters. The first-order valence-corrected chi connectivity index (χ1v) is 8.18. The van der Waals surface area contributed by atoms with Gasteiger partial charge in [0.25, 0.3) is 5.56 Å². The topological polar surface area (TPSA) is 61.9 Å². The number of benzene rings is 1. The van der Waals surface area contributed by atoms with Crippen LogP contribution in [0.15, 0.2) is 53.6 Å². The Kier molecular flexibility index (Phi) is 4.11. The van der Waals surface area contributed by atoms with Crippen LogP contribution in [-0.2, 0) is 19.5 Å². The van der Waals surface area contributed by atoms with Gasteiger partial charge in [0, 0.05) is 43.2 Å². The standard InChI is InChI=1S/C19H17FN4O/c20-15-3-1-2-13(10-15)11-24-9-6-16-17(12-24)22-18(23-19(16)25)14-4-7-21-8-5-14/h1-5,7-8,10H,6,9,11-12H2,(H,22,23,25). The SMILES string of the molecule is O=c1[nH]c(-c2ccncc2)nc2c1CCN(Cc1cccc(F)c1)C2. The average Bonchev–Trinajstić information content (AvgIpc) is 2.62. The minimum absolute atomic E-state index is 0.0813. The van der Waals surface area contributed by atoms with Crippen molar-refractivity contribution < 1.29 is 4.39 Å². The van der Waals surface area contributed by atoms with E-state index in [4.69, 9.17) is 0 Å². The largest absolute Gasteiger partial charge is 0.306 e. The van der Waals surface area contributed by atoms with E-state index in [1.54, 1.807) is 24.5 Å². The molecule has 3 heterocycles. The Bertz CT molecular complexity index is 955. The second-order valence-electron chi connectivity index (χ2n) is 6.17. The molecule has 4 rings (SSSR count). The summed E-state index contributed by atoms with van der Waals surface area (Å²) in [5.41, 5.74) is 3.20. The van der Waals surface area contributed by atoms with E-state index in [0.29, 0.717) is 25.3 Å². The Labute approximate surface area is 144 Å². The van der Waals surface area contributed by atoms with Crippen molar-refractivity contribution >= 4 is 0 Å². The van der Waals surface area contributed by atoms with Gasteiger partial charge in [0.2, 0.25) is 0 Å². The van der Waals surface area contributed by atoms with E-state index in [1.807, 2.05) is 18.2 Å². The number of nitrogens with one attached hydrogen (secondary N) is 1. The molecular weight excluding hydrogens is 319 g/mol. The molecule has 0 saturated carbocycles. The summed E-state index contributed by atoms with van der Waals surface area (Å²) in [5.74, 6) is 0.322. The van der Waals surface area contributed by atoms with Gasteiger partial charge in [-0.3, -0.25) is 14.7 Å².